The molecular weight excluding hydrogens is 382 g/mol. The number of rotatable bonds is 6. The molecule has 1 aromatic rings. The van der Waals surface area contributed by atoms with E-state index in [0.717, 1.165) is 11.9 Å². The Labute approximate surface area is 167 Å². The van der Waals surface area contributed by atoms with Crippen LogP contribution in [0.5, 0.6) is 5.75 Å². The van der Waals surface area contributed by atoms with Gasteiger partial charge in [0.25, 0.3) is 5.91 Å². The molecule has 1 amide bonds. The number of carbonyl (C=O) groups excluding carboxylic acids is 1. The number of sulfonamides is 1. The number of aliphatic hydroxyl groups excluding tert-OH is 1. The van der Waals surface area contributed by atoms with Crippen molar-refractivity contribution in [2.75, 3.05) is 52.0 Å². The Kier molecular flexibility index (Phi) is 6.95. The minimum atomic E-state index is -3.36. The molecule has 0 radical (unpaired) electrons. The third kappa shape index (κ3) is 4.95. The molecule has 158 valence electrons. The molecule has 1 aliphatic heterocycles. The molecule has 8 nitrogen and oxygen atoms in total. The van der Waals surface area contributed by atoms with E-state index in [0.29, 0.717) is 17.9 Å². The van der Waals surface area contributed by atoms with Crippen LogP contribution >= 0.6 is 0 Å². The molecule has 2 rings (SSSR count). The second-order valence-corrected chi connectivity index (χ2v) is 9.83. The third-order valence-corrected chi connectivity index (χ3v) is 6.45. The maximum atomic E-state index is 13.2. The van der Waals surface area contributed by atoms with Crippen LogP contribution < -0.4 is 9.64 Å². The predicted octanol–water partition coefficient (Wildman–Crippen LogP) is 0.864. The smallest absolute Gasteiger partial charge is 0.258 e. The van der Waals surface area contributed by atoms with Crippen molar-refractivity contribution in [2.24, 2.45) is 5.92 Å². The fraction of sp³-hybridized carbons (Fsp3) is 0.632. The maximum absolute atomic E-state index is 13.2. The summed E-state index contributed by atoms with van der Waals surface area (Å²) in [6.07, 6.45) is 0.715. The zero-order chi connectivity index (χ0) is 21.2. The van der Waals surface area contributed by atoms with E-state index < -0.39 is 16.1 Å². The number of hydrogen-bond donors (Lipinski definition) is 1. The topological polar surface area (TPSA) is 90.4 Å². The molecule has 28 heavy (non-hydrogen) atoms. The number of likely N-dealkylation sites (N-methyl/N-ethyl adjacent to an activating group) is 1. The fourth-order valence-corrected chi connectivity index (χ4v) is 3.51. The van der Waals surface area contributed by atoms with Gasteiger partial charge in [-0.3, -0.25) is 4.79 Å². The van der Waals surface area contributed by atoms with Gasteiger partial charge in [0.2, 0.25) is 10.0 Å². The normalized spacial score (nSPS) is 21.6. The lowest BCUT2D eigenvalue weighted by Crippen LogP contribution is -2.50. The van der Waals surface area contributed by atoms with E-state index in [1.807, 2.05) is 32.0 Å². The molecule has 0 bridgehead atoms. The molecule has 1 aromatic carbocycles. The molecule has 1 aliphatic rings. The largest absolute Gasteiger partial charge is 0.488 e. The Hall–Kier alpha value is -1.84. The van der Waals surface area contributed by atoms with Crippen molar-refractivity contribution in [2.45, 2.75) is 26.0 Å². The summed E-state index contributed by atoms with van der Waals surface area (Å²) in [5.74, 6) is 0.0787. The molecule has 9 heteroatoms. The van der Waals surface area contributed by atoms with Crippen molar-refractivity contribution < 1.29 is 23.1 Å². The Morgan fingerprint density at radius 1 is 1.32 bits per heavy atom. The molecule has 0 spiro atoms. The van der Waals surface area contributed by atoms with Crippen LogP contribution in [0.4, 0.5) is 5.69 Å². The van der Waals surface area contributed by atoms with Gasteiger partial charge in [-0.05, 0) is 25.1 Å². The Balaban J connectivity index is 2.50. The number of hydrogen-bond acceptors (Lipinski definition) is 6. The van der Waals surface area contributed by atoms with Gasteiger partial charge in [0, 0.05) is 39.3 Å². The number of amides is 1. The lowest BCUT2D eigenvalue weighted by molar-refractivity contribution is 0.0387. The van der Waals surface area contributed by atoms with Gasteiger partial charge in [0.05, 0.1) is 31.0 Å². The van der Waals surface area contributed by atoms with Gasteiger partial charge in [-0.25, -0.2) is 12.7 Å². The van der Waals surface area contributed by atoms with E-state index in [1.54, 1.807) is 24.0 Å². The van der Waals surface area contributed by atoms with Crippen LogP contribution in [-0.2, 0) is 10.0 Å². The van der Waals surface area contributed by atoms with Crippen LogP contribution in [0.25, 0.3) is 0 Å². The maximum Gasteiger partial charge on any atom is 0.258 e. The van der Waals surface area contributed by atoms with Crippen molar-refractivity contribution in [3.8, 4) is 5.75 Å². The summed E-state index contributed by atoms with van der Waals surface area (Å²) in [6.45, 7) is 4.08. The summed E-state index contributed by atoms with van der Waals surface area (Å²) in [7, 11) is 1.92. The van der Waals surface area contributed by atoms with E-state index in [2.05, 4.69) is 0 Å². The van der Waals surface area contributed by atoms with Crippen LogP contribution in [0.15, 0.2) is 18.2 Å². The number of fused-ring (bicyclic) bond motifs is 1. The molecule has 1 N–H and O–H groups in total. The minimum absolute atomic E-state index is 0.135. The quantitative estimate of drug-likeness (QED) is 0.744. The van der Waals surface area contributed by atoms with Crippen LogP contribution in [0.2, 0.25) is 0 Å². The summed E-state index contributed by atoms with van der Waals surface area (Å²) < 4.78 is 31.1. The van der Waals surface area contributed by atoms with E-state index in [9.17, 15) is 18.3 Å². The highest BCUT2D eigenvalue weighted by Gasteiger charge is 2.34. The molecule has 0 aromatic heterocycles. The number of anilines is 1. The summed E-state index contributed by atoms with van der Waals surface area (Å²) in [5.41, 5.74) is 1.26. The molecule has 0 unspecified atom stereocenters. The standard InChI is InChI=1S/C19H31N3O5S/c1-13-10-22(14(2)12-23)19(24)16-9-15(20(3)4)7-8-17(16)27-18(13)11-21(5)28(6,25)26/h7-9,13-14,18,23H,10-12H2,1-6H3/t13-,14+,18+/m1/s1. The van der Waals surface area contributed by atoms with Crippen molar-refractivity contribution in [3.05, 3.63) is 23.8 Å². The van der Waals surface area contributed by atoms with E-state index in [1.165, 1.54) is 11.4 Å². The Morgan fingerprint density at radius 3 is 2.50 bits per heavy atom. The van der Waals surface area contributed by atoms with Gasteiger partial charge in [0.15, 0.2) is 0 Å². The number of ether oxygens (including phenoxy) is 1. The van der Waals surface area contributed by atoms with Crippen molar-refractivity contribution in [1.29, 1.82) is 0 Å². The van der Waals surface area contributed by atoms with Crippen molar-refractivity contribution in [1.82, 2.24) is 9.21 Å². The molecule has 3 atom stereocenters. The number of benzene rings is 1. The van der Waals surface area contributed by atoms with Crippen molar-refractivity contribution >= 4 is 21.6 Å². The lowest BCUT2D eigenvalue weighted by atomic mass is 9.99. The zero-order valence-electron chi connectivity index (χ0n) is 17.4. The summed E-state index contributed by atoms with van der Waals surface area (Å²) in [6, 6.07) is 5.00. The summed E-state index contributed by atoms with van der Waals surface area (Å²) in [5, 5.41) is 9.64. The molecule has 0 saturated heterocycles. The molecule has 1 heterocycles. The average molecular weight is 414 g/mol. The van der Waals surface area contributed by atoms with Gasteiger partial charge in [-0.15, -0.1) is 0 Å². The van der Waals surface area contributed by atoms with Crippen LogP contribution in [0.1, 0.15) is 24.2 Å². The molecule has 0 saturated carbocycles. The van der Waals surface area contributed by atoms with Crippen molar-refractivity contribution in [3.63, 3.8) is 0 Å². The zero-order valence-corrected chi connectivity index (χ0v) is 18.2. The molecule has 0 fully saturated rings. The Morgan fingerprint density at radius 2 is 1.96 bits per heavy atom. The van der Waals surface area contributed by atoms with Gasteiger partial charge in [0.1, 0.15) is 11.9 Å². The monoisotopic (exact) mass is 413 g/mol. The van der Waals surface area contributed by atoms with E-state index in [4.69, 9.17) is 4.74 Å². The van der Waals surface area contributed by atoms with Crippen LogP contribution in [0.3, 0.4) is 0 Å². The number of nitrogens with zero attached hydrogens (tertiary/aromatic N) is 3. The van der Waals surface area contributed by atoms with Gasteiger partial charge < -0.3 is 19.6 Å². The first-order chi connectivity index (χ1) is 13.0. The van der Waals surface area contributed by atoms with Crippen LogP contribution in [0, 0.1) is 5.92 Å². The van der Waals surface area contributed by atoms with Gasteiger partial charge in [-0.2, -0.15) is 0 Å². The summed E-state index contributed by atoms with van der Waals surface area (Å²) >= 11 is 0. The first kappa shape index (κ1) is 22.4. The fourth-order valence-electron chi connectivity index (χ4n) is 3.10. The Bertz CT molecular complexity index is 812. The van der Waals surface area contributed by atoms with Gasteiger partial charge >= 0.3 is 0 Å². The second-order valence-electron chi connectivity index (χ2n) is 7.74. The average Bonchev–Trinajstić information content (AvgIpc) is 2.62. The third-order valence-electron chi connectivity index (χ3n) is 5.17. The predicted molar refractivity (Wildman–Crippen MR) is 109 cm³/mol. The highest BCUT2D eigenvalue weighted by atomic mass is 32.2. The molecular formula is C19H31N3O5S. The highest BCUT2D eigenvalue weighted by molar-refractivity contribution is 7.88. The number of aliphatic hydroxyl groups is 1. The minimum Gasteiger partial charge on any atom is -0.488 e. The second kappa shape index (κ2) is 8.67. The van der Waals surface area contributed by atoms with Crippen LogP contribution in [-0.4, -0.2) is 87.9 Å². The first-order valence-electron chi connectivity index (χ1n) is 9.26. The summed E-state index contributed by atoms with van der Waals surface area (Å²) in [4.78, 5) is 16.7. The van der Waals surface area contributed by atoms with E-state index >= 15 is 0 Å². The SMILES string of the molecule is C[C@@H]1CN([C@@H](C)CO)C(=O)c2cc(N(C)C)ccc2O[C@H]1CN(C)S(C)(=O)=O. The first-order valence-corrected chi connectivity index (χ1v) is 11.1. The highest BCUT2D eigenvalue weighted by Crippen LogP contribution is 2.31. The lowest BCUT2D eigenvalue weighted by Gasteiger charge is -2.38. The molecule has 0 aliphatic carbocycles. The number of carbonyl (C=O) groups is 1. The van der Waals surface area contributed by atoms with Gasteiger partial charge in [-0.1, -0.05) is 6.92 Å². The van der Waals surface area contributed by atoms with E-state index in [-0.39, 0.29) is 31.0 Å².